The van der Waals surface area contributed by atoms with Crippen LogP contribution >= 0.6 is 0 Å². The van der Waals surface area contributed by atoms with E-state index in [9.17, 15) is 4.21 Å². The zero-order valence-corrected chi connectivity index (χ0v) is 13.9. The molecule has 1 aliphatic carbocycles. The van der Waals surface area contributed by atoms with Crippen molar-refractivity contribution in [1.29, 1.82) is 0 Å². The highest BCUT2D eigenvalue weighted by atomic mass is 32.2. The molecule has 1 saturated heterocycles. The van der Waals surface area contributed by atoms with Gasteiger partial charge in [0.2, 0.25) is 0 Å². The highest BCUT2D eigenvalue weighted by molar-refractivity contribution is 7.85. The molecule has 1 N–H and O–H groups in total. The molecule has 2 rings (SSSR count). The van der Waals surface area contributed by atoms with E-state index in [0.717, 1.165) is 50.5 Å². The standard InChI is InChI=1S/C16H31NO2S/c1-3-9-17-15-8-7-13(4-2)11-16(15)20(18)12-14-6-5-10-19-14/h13-17H,3-12H2,1-2H3. The Labute approximate surface area is 126 Å². The van der Waals surface area contributed by atoms with Crippen LogP contribution in [0.2, 0.25) is 0 Å². The third-order valence-electron chi connectivity index (χ3n) is 4.85. The Bertz CT molecular complexity index is 305. The van der Waals surface area contributed by atoms with Crippen LogP contribution in [-0.4, -0.2) is 40.5 Å². The molecule has 20 heavy (non-hydrogen) atoms. The summed E-state index contributed by atoms with van der Waals surface area (Å²) in [5, 5.41) is 3.98. The molecule has 0 aromatic carbocycles. The van der Waals surface area contributed by atoms with Crippen LogP contribution < -0.4 is 5.32 Å². The van der Waals surface area contributed by atoms with Crippen molar-refractivity contribution in [3.05, 3.63) is 0 Å². The van der Waals surface area contributed by atoms with Crippen LogP contribution in [0.3, 0.4) is 0 Å². The minimum absolute atomic E-state index is 0.254. The summed E-state index contributed by atoms with van der Waals surface area (Å²) in [5.41, 5.74) is 0. The molecule has 0 bridgehead atoms. The summed E-state index contributed by atoms with van der Waals surface area (Å²) < 4.78 is 18.5. The Morgan fingerprint density at radius 3 is 2.75 bits per heavy atom. The Kier molecular flexibility index (Phi) is 6.99. The molecule has 2 aliphatic rings. The molecular formula is C16H31NO2S. The molecule has 1 heterocycles. The zero-order valence-electron chi connectivity index (χ0n) is 13.1. The quantitative estimate of drug-likeness (QED) is 0.786. The van der Waals surface area contributed by atoms with E-state index in [1.807, 2.05) is 0 Å². The van der Waals surface area contributed by atoms with Crippen LogP contribution in [0.5, 0.6) is 0 Å². The first kappa shape index (κ1) is 16.4. The third kappa shape index (κ3) is 4.54. The fourth-order valence-electron chi connectivity index (χ4n) is 3.52. The maximum atomic E-state index is 12.8. The topological polar surface area (TPSA) is 38.3 Å². The molecule has 5 unspecified atom stereocenters. The largest absolute Gasteiger partial charge is 0.377 e. The van der Waals surface area contributed by atoms with Crippen LogP contribution in [0.1, 0.15) is 58.8 Å². The number of ether oxygens (including phenoxy) is 1. The van der Waals surface area contributed by atoms with Crippen molar-refractivity contribution in [3.8, 4) is 0 Å². The van der Waals surface area contributed by atoms with Crippen molar-refractivity contribution in [2.24, 2.45) is 5.92 Å². The van der Waals surface area contributed by atoms with Crippen molar-refractivity contribution in [3.63, 3.8) is 0 Å². The molecule has 3 nitrogen and oxygen atoms in total. The first-order chi connectivity index (χ1) is 9.74. The van der Waals surface area contributed by atoms with Gasteiger partial charge >= 0.3 is 0 Å². The fourth-order valence-corrected chi connectivity index (χ4v) is 5.48. The molecule has 2 fully saturated rings. The normalized spacial score (nSPS) is 36.1. The first-order valence-corrected chi connectivity index (χ1v) is 9.85. The van der Waals surface area contributed by atoms with Gasteiger partial charge in [-0.3, -0.25) is 4.21 Å². The van der Waals surface area contributed by atoms with Gasteiger partial charge in [0, 0.05) is 23.4 Å². The number of nitrogens with one attached hydrogen (secondary N) is 1. The van der Waals surface area contributed by atoms with Crippen LogP contribution in [0.25, 0.3) is 0 Å². The minimum atomic E-state index is -0.740. The Morgan fingerprint density at radius 1 is 1.25 bits per heavy atom. The summed E-state index contributed by atoms with van der Waals surface area (Å²) in [6, 6.07) is 0.458. The van der Waals surface area contributed by atoms with Gasteiger partial charge in [0.1, 0.15) is 0 Å². The lowest BCUT2D eigenvalue weighted by Gasteiger charge is -2.36. The van der Waals surface area contributed by atoms with E-state index < -0.39 is 10.8 Å². The SMILES string of the molecule is CCCNC1CCC(CC)CC1S(=O)CC1CCCO1. The second kappa shape index (κ2) is 8.50. The van der Waals surface area contributed by atoms with Crippen molar-refractivity contribution >= 4 is 10.8 Å². The molecule has 1 aliphatic heterocycles. The van der Waals surface area contributed by atoms with Crippen LogP contribution in [0, 0.1) is 5.92 Å². The van der Waals surface area contributed by atoms with E-state index in [1.165, 1.54) is 19.3 Å². The lowest BCUT2D eigenvalue weighted by atomic mass is 9.84. The second-order valence-corrected chi connectivity index (χ2v) is 8.07. The number of hydrogen-bond acceptors (Lipinski definition) is 3. The molecule has 5 atom stereocenters. The highest BCUT2D eigenvalue weighted by Gasteiger charge is 2.34. The molecule has 0 aromatic heterocycles. The first-order valence-electron chi connectivity index (χ1n) is 8.46. The van der Waals surface area contributed by atoms with Gasteiger partial charge in [0.25, 0.3) is 0 Å². The van der Waals surface area contributed by atoms with Crippen LogP contribution in [0.4, 0.5) is 0 Å². The second-order valence-electron chi connectivity index (χ2n) is 6.37. The van der Waals surface area contributed by atoms with Gasteiger partial charge in [-0.05, 0) is 51.0 Å². The summed E-state index contributed by atoms with van der Waals surface area (Å²) in [6.07, 6.45) is 8.50. The Balaban J connectivity index is 1.91. The van der Waals surface area contributed by atoms with Crippen LogP contribution in [-0.2, 0) is 15.5 Å². The van der Waals surface area contributed by atoms with Gasteiger partial charge in [0.15, 0.2) is 0 Å². The molecule has 4 heteroatoms. The van der Waals surface area contributed by atoms with Crippen molar-refractivity contribution in [1.82, 2.24) is 5.32 Å². The predicted octanol–water partition coefficient (Wildman–Crippen LogP) is 2.86. The smallest absolute Gasteiger partial charge is 0.0691 e. The summed E-state index contributed by atoms with van der Waals surface area (Å²) in [7, 11) is -0.740. The summed E-state index contributed by atoms with van der Waals surface area (Å²) in [6.45, 7) is 6.38. The van der Waals surface area contributed by atoms with E-state index >= 15 is 0 Å². The summed E-state index contributed by atoms with van der Waals surface area (Å²) >= 11 is 0. The highest BCUT2D eigenvalue weighted by Crippen LogP contribution is 2.31. The Morgan fingerprint density at radius 2 is 2.10 bits per heavy atom. The van der Waals surface area contributed by atoms with Gasteiger partial charge in [-0.25, -0.2) is 0 Å². The number of hydrogen-bond donors (Lipinski definition) is 1. The average Bonchev–Trinajstić information content (AvgIpc) is 2.97. The number of rotatable bonds is 7. The molecule has 0 amide bonds. The zero-order chi connectivity index (χ0) is 14.4. The van der Waals surface area contributed by atoms with Crippen LogP contribution in [0.15, 0.2) is 0 Å². The van der Waals surface area contributed by atoms with Gasteiger partial charge in [-0.15, -0.1) is 0 Å². The van der Waals surface area contributed by atoms with Crippen molar-refractivity contribution in [2.75, 3.05) is 18.9 Å². The minimum Gasteiger partial charge on any atom is -0.377 e. The molecule has 118 valence electrons. The monoisotopic (exact) mass is 301 g/mol. The molecule has 1 saturated carbocycles. The van der Waals surface area contributed by atoms with E-state index in [0.29, 0.717) is 11.3 Å². The van der Waals surface area contributed by atoms with E-state index in [2.05, 4.69) is 19.2 Å². The van der Waals surface area contributed by atoms with Gasteiger partial charge < -0.3 is 10.1 Å². The summed E-state index contributed by atoms with van der Waals surface area (Å²) in [5.74, 6) is 1.53. The van der Waals surface area contributed by atoms with E-state index in [1.54, 1.807) is 0 Å². The molecule has 0 radical (unpaired) electrons. The van der Waals surface area contributed by atoms with Gasteiger partial charge in [0.05, 0.1) is 17.1 Å². The molecule has 0 aromatic rings. The third-order valence-corrected chi connectivity index (χ3v) is 6.74. The Hall–Kier alpha value is 0.0700. The average molecular weight is 301 g/mol. The maximum absolute atomic E-state index is 12.8. The maximum Gasteiger partial charge on any atom is 0.0691 e. The van der Waals surface area contributed by atoms with Gasteiger partial charge in [-0.2, -0.15) is 0 Å². The van der Waals surface area contributed by atoms with Crippen molar-refractivity contribution < 1.29 is 8.95 Å². The van der Waals surface area contributed by atoms with E-state index in [-0.39, 0.29) is 6.10 Å². The summed E-state index contributed by atoms with van der Waals surface area (Å²) in [4.78, 5) is 0. The molecule has 0 spiro atoms. The van der Waals surface area contributed by atoms with Crippen molar-refractivity contribution in [2.45, 2.75) is 76.2 Å². The predicted molar refractivity (Wildman–Crippen MR) is 85.5 cm³/mol. The fraction of sp³-hybridized carbons (Fsp3) is 1.00. The lowest BCUT2D eigenvalue weighted by Crippen LogP contribution is -2.47. The lowest BCUT2D eigenvalue weighted by molar-refractivity contribution is 0.128. The molecular weight excluding hydrogens is 270 g/mol. The van der Waals surface area contributed by atoms with E-state index in [4.69, 9.17) is 4.74 Å². The van der Waals surface area contributed by atoms with Gasteiger partial charge in [-0.1, -0.05) is 20.3 Å².